The smallest absolute Gasteiger partial charge is 0.0111 e. The van der Waals surface area contributed by atoms with Gasteiger partial charge in [-0.2, -0.15) is 0 Å². The molecule has 0 saturated heterocycles. The van der Waals surface area contributed by atoms with E-state index in [4.69, 9.17) is 0 Å². The lowest BCUT2D eigenvalue weighted by molar-refractivity contribution is 0.446. The fourth-order valence-corrected chi connectivity index (χ4v) is 5.98. The summed E-state index contributed by atoms with van der Waals surface area (Å²) in [4.78, 5) is 0. The summed E-state index contributed by atoms with van der Waals surface area (Å²) in [6, 6.07) is 23.5. The largest absolute Gasteiger partial charge is 0.0955 e. The molecule has 266 valence electrons. The Hall–Kier alpha value is -3.90. The zero-order chi connectivity index (χ0) is 37.9. The standard InChI is InChI=1S/C22H30.C12H14.C11H14.2C2H6/c1-7-9-20-17(8-2)14-15-21(22(20,5)6)19-12-10-18(11-13-19)16(3)4;1-9(2)11-7-5-6-8-12(11)10(3)4;1-8(2)11-6-5-9(3)10(4)7-11;2*1-2/h9-13,15,17H,3,7-8,14H2,1-2,4-6H3;5-8H,1,3H2,2,4H3;5-7H,1H2,2-4H3;2*1-2H3/b20-9+;;;;. The summed E-state index contributed by atoms with van der Waals surface area (Å²) in [7, 11) is 0. The maximum atomic E-state index is 4.03. The number of aryl methyl sites for hydroxylation is 2. The van der Waals surface area contributed by atoms with Crippen LogP contribution in [0.15, 0.2) is 111 Å². The zero-order valence-corrected chi connectivity index (χ0v) is 34.0. The van der Waals surface area contributed by atoms with Crippen LogP contribution in [0.3, 0.4) is 0 Å². The lowest BCUT2D eigenvalue weighted by Gasteiger charge is -2.40. The van der Waals surface area contributed by atoms with Crippen LogP contribution in [0.1, 0.15) is 141 Å². The Balaban J connectivity index is 0.000000724. The summed E-state index contributed by atoms with van der Waals surface area (Å²) >= 11 is 0. The van der Waals surface area contributed by atoms with Crippen LogP contribution in [0.25, 0.3) is 27.9 Å². The normalized spacial score (nSPS) is 14.9. The van der Waals surface area contributed by atoms with Crippen LogP contribution in [-0.2, 0) is 0 Å². The van der Waals surface area contributed by atoms with E-state index in [1.807, 2.05) is 60.6 Å². The van der Waals surface area contributed by atoms with Gasteiger partial charge in [0, 0.05) is 5.41 Å². The molecule has 3 aromatic carbocycles. The summed E-state index contributed by atoms with van der Waals surface area (Å²) in [5, 5.41) is 0. The third-order valence-electron chi connectivity index (χ3n) is 8.89. The van der Waals surface area contributed by atoms with E-state index < -0.39 is 0 Å². The van der Waals surface area contributed by atoms with Gasteiger partial charge in [-0.15, -0.1) is 0 Å². The van der Waals surface area contributed by atoms with E-state index in [2.05, 4.69) is 142 Å². The van der Waals surface area contributed by atoms with Crippen LogP contribution in [-0.4, -0.2) is 0 Å². The molecule has 0 aromatic heterocycles. The molecule has 49 heavy (non-hydrogen) atoms. The molecule has 1 unspecified atom stereocenters. The summed E-state index contributed by atoms with van der Waals surface area (Å²) < 4.78 is 0. The van der Waals surface area contributed by atoms with Crippen molar-refractivity contribution in [1.82, 2.24) is 0 Å². The van der Waals surface area contributed by atoms with Gasteiger partial charge in [0.15, 0.2) is 0 Å². The summed E-state index contributed by atoms with van der Waals surface area (Å²) in [6.07, 6.45) is 8.45. The Morgan fingerprint density at radius 1 is 0.673 bits per heavy atom. The molecule has 4 rings (SSSR count). The molecule has 0 nitrogen and oxygen atoms in total. The van der Waals surface area contributed by atoms with Crippen molar-refractivity contribution in [2.24, 2.45) is 11.3 Å². The first-order valence-corrected chi connectivity index (χ1v) is 18.5. The number of rotatable bonds is 7. The maximum absolute atomic E-state index is 4.03. The van der Waals surface area contributed by atoms with Crippen molar-refractivity contribution in [3.05, 3.63) is 150 Å². The predicted molar refractivity (Wildman–Crippen MR) is 229 cm³/mol. The Labute approximate surface area is 304 Å². The average molecular weight is 659 g/mol. The molecular formula is C49H70. The first-order valence-electron chi connectivity index (χ1n) is 18.5. The minimum Gasteiger partial charge on any atom is -0.0955 e. The fourth-order valence-electron chi connectivity index (χ4n) is 5.98. The Morgan fingerprint density at radius 3 is 1.53 bits per heavy atom. The molecule has 0 amide bonds. The SMILES string of the molecule is C=C(C)c1ccc(C)c(C)c1.C=C(C)c1ccc(C2=CCC(CC)/C(=C\CC)C2(C)C)cc1.C=C(C)c1ccccc1C(=C)C.CC.CC. The highest BCUT2D eigenvalue weighted by atomic mass is 14.4. The van der Waals surface area contributed by atoms with Gasteiger partial charge in [0.1, 0.15) is 0 Å². The lowest BCUT2D eigenvalue weighted by Crippen LogP contribution is -2.26. The minimum atomic E-state index is 0.125. The molecular weight excluding hydrogens is 589 g/mol. The molecule has 1 atom stereocenters. The second-order valence-electron chi connectivity index (χ2n) is 13.2. The predicted octanol–water partition coefficient (Wildman–Crippen LogP) is 16.0. The van der Waals surface area contributed by atoms with E-state index in [9.17, 15) is 0 Å². The quantitative estimate of drug-likeness (QED) is 0.222. The molecule has 1 aliphatic carbocycles. The van der Waals surface area contributed by atoms with E-state index >= 15 is 0 Å². The molecule has 0 heteroatoms. The third kappa shape index (κ3) is 13.5. The van der Waals surface area contributed by atoms with E-state index in [0.717, 1.165) is 28.7 Å². The van der Waals surface area contributed by atoms with Gasteiger partial charge >= 0.3 is 0 Å². The number of allylic oxidation sites excluding steroid dienone is 8. The van der Waals surface area contributed by atoms with Crippen molar-refractivity contribution in [3.63, 3.8) is 0 Å². The van der Waals surface area contributed by atoms with Crippen molar-refractivity contribution in [2.75, 3.05) is 0 Å². The maximum Gasteiger partial charge on any atom is 0.0111 e. The van der Waals surface area contributed by atoms with Gasteiger partial charge in [-0.1, -0.05) is 188 Å². The third-order valence-corrected chi connectivity index (χ3v) is 8.89. The van der Waals surface area contributed by atoms with Crippen molar-refractivity contribution < 1.29 is 0 Å². The molecule has 0 aliphatic heterocycles. The first kappa shape index (κ1) is 45.1. The van der Waals surface area contributed by atoms with Gasteiger partial charge in [-0.25, -0.2) is 0 Å². The van der Waals surface area contributed by atoms with E-state index in [1.165, 1.54) is 57.4 Å². The number of benzene rings is 3. The van der Waals surface area contributed by atoms with Crippen LogP contribution in [0.5, 0.6) is 0 Å². The highest BCUT2D eigenvalue weighted by Crippen LogP contribution is 2.49. The highest BCUT2D eigenvalue weighted by Gasteiger charge is 2.35. The Kier molecular flexibility index (Phi) is 20.9. The minimum absolute atomic E-state index is 0.125. The van der Waals surface area contributed by atoms with Crippen molar-refractivity contribution >= 4 is 27.9 Å². The summed E-state index contributed by atoms with van der Waals surface area (Å²) in [6.45, 7) is 45.5. The number of hydrogen-bond donors (Lipinski definition) is 0. The molecule has 0 bridgehead atoms. The second kappa shape index (κ2) is 22.7. The Bertz CT molecular complexity index is 1530. The molecule has 0 N–H and O–H groups in total. The monoisotopic (exact) mass is 659 g/mol. The van der Waals surface area contributed by atoms with E-state index in [1.54, 1.807) is 5.57 Å². The van der Waals surface area contributed by atoms with Crippen LogP contribution < -0.4 is 0 Å². The van der Waals surface area contributed by atoms with Gasteiger partial charge in [-0.3, -0.25) is 0 Å². The van der Waals surface area contributed by atoms with E-state index in [0.29, 0.717) is 5.92 Å². The molecule has 0 fully saturated rings. The van der Waals surface area contributed by atoms with Gasteiger partial charge in [0.25, 0.3) is 0 Å². The highest BCUT2D eigenvalue weighted by molar-refractivity contribution is 5.77. The number of hydrogen-bond acceptors (Lipinski definition) is 0. The first-order chi connectivity index (χ1) is 23.1. The van der Waals surface area contributed by atoms with Crippen molar-refractivity contribution in [3.8, 4) is 0 Å². The van der Waals surface area contributed by atoms with Crippen molar-refractivity contribution in [1.29, 1.82) is 0 Å². The molecule has 3 aromatic rings. The molecule has 0 spiro atoms. The summed E-state index contributed by atoms with van der Waals surface area (Å²) in [5.74, 6) is 0.702. The van der Waals surface area contributed by atoms with Gasteiger partial charge in [0.05, 0.1) is 0 Å². The fraction of sp³-hybridized carbons (Fsp3) is 0.388. The summed E-state index contributed by atoms with van der Waals surface area (Å²) in [5.41, 5.74) is 16.6. The van der Waals surface area contributed by atoms with Crippen LogP contribution in [0, 0.1) is 25.2 Å². The van der Waals surface area contributed by atoms with Gasteiger partial charge in [0.2, 0.25) is 0 Å². The van der Waals surface area contributed by atoms with Crippen LogP contribution >= 0.6 is 0 Å². The Morgan fingerprint density at radius 2 is 1.14 bits per heavy atom. The molecule has 0 saturated carbocycles. The second-order valence-corrected chi connectivity index (χ2v) is 13.2. The molecule has 0 heterocycles. The molecule has 1 aliphatic rings. The van der Waals surface area contributed by atoms with Crippen LogP contribution in [0.4, 0.5) is 0 Å². The van der Waals surface area contributed by atoms with Gasteiger partial charge in [-0.05, 0) is 111 Å². The zero-order valence-electron chi connectivity index (χ0n) is 34.0. The van der Waals surface area contributed by atoms with Crippen LogP contribution in [0.2, 0.25) is 0 Å². The van der Waals surface area contributed by atoms with E-state index in [-0.39, 0.29) is 5.41 Å². The topological polar surface area (TPSA) is 0 Å². The lowest BCUT2D eigenvalue weighted by atomic mass is 9.64. The average Bonchev–Trinajstić information content (AvgIpc) is 3.09. The van der Waals surface area contributed by atoms with Gasteiger partial charge < -0.3 is 0 Å². The van der Waals surface area contributed by atoms with Crippen molar-refractivity contribution in [2.45, 2.75) is 116 Å². The molecule has 0 radical (unpaired) electrons.